The van der Waals surface area contributed by atoms with E-state index in [0.717, 1.165) is 37.4 Å². The number of fused-ring (bicyclic) bond motifs is 1. The summed E-state index contributed by atoms with van der Waals surface area (Å²) in [5.74, 6) is 0.976. The molecule has 2 heteroatoms. The molecule has 2 nitrogen and oxygen atoms in total. The van der Waals surface area contributed by atoms with E-state index >= 15 is 0 Å². The lowest BCUT2D eigenvalue weighted by Gasteiger charge is -2.10. The molecule has 2 aromatic rings. The summed E-state index contributed by atoms with van der Waals surface area (Å²) >= 11 is 0. The molecule has 1 heterocycles. The highest BCUT2D eigenvalue weighted by Crippen LogP contribution is 2.28. The van der Waals surface area contributed by atoms with Crippen LogP contribution in [0.2, 0.25) is 0 Å². The van der Waals surface area contributed by atoms with E-state index in [1.54, 1.807) is 0 Å². The van der Waals surface area contributed by atoms with Gasteiger partial charge in [-0.2, -0.15) is 0 Å². The summed E-state index contributed by atoms with van der Waals surface area (Å²) in [6.45, 7) is 1.79. The second-order valence-electron chi connectivity index (χ2n) is 4.62. The second kappa shape index (κ2) is 5.13. The maximum Gasteiger partial charge on any atom is 0.142 e. The fourth-order valence-corrected chi connectivity index (χ4v) is 2.26. The summed E-state index contributed by atoms with van der Waals surface area (Å²) in [5, 5.41) is 3.43. The summed E-state index contributed by atoms with van der Waals surface area (Å²) in [6.07, 6.45) is 2.03. The molecule has 0 aliphatic carbocycles. The molecule has 92 valence electrons. The lowest BCUT2D eigenvalue weighted by Crippen LogP contribution is -2.00. The van der Waals surface area contributed by atoms with Gasteiger partial charge in [-0.1, -0.05) is 36.4 Å². The predicted molar refractivity (Wildman–Crippen MR) is 74.3 cm³/mol. The van der Waals surface area contributed by atoms with Crippen molar-refractivity contribution in [2.24, 2.45) is 0 Å². The molecule has 1 N–H and O–H groups in total. The molecular weight excluding hydrogens is 222 g/mol. The van der Waals surface area contributed by atoms with Crippen LogP contribution in [-0.4, -0.2) is 13.2 Å². The standard InChI is InChI=1S/C16H17NO/c1-2-5-13(6-3-1)11-14-7-8-16-15(12-14)17-9-4-10-18-16/h1-3,5-8,12,17H,4,9-11H2. The quantitative estimate of drug-likeness (QED) is 0.866. The van der Waals surface area contributed by atoms with Gasteiger partial charge in [0.25, 0.3) is 0 Å². The molecule has 18 heavy (non-hydrogen) atoms. The van der Waals surface area contributed by atoms with Crippen molar-refractivity contribution < 1.29 is 4.74 Å². The average Bonchev–Trinajstić information content (AvgIpc) is 2.64. The zero-order chi connectivity index (χ0) is 12.2. The number of ether oxygens (including phenoxy) is 1. The Morgan fingerprint density at radius 3 is 2.78 bits per heavy atom. The van der Waals surface area contributed by atoms with Gasteiger partial charge in [0.05, 0.1) is 12.3 Å². The van der Waals surface area contributed by atoms with Gasteiger partial charge in [0.15, 0.2) is 0 Å². The summed E-state index contributed by atoms with van der Waals surface area (Å²) in [5.41, 5.74) is 3.78. The SMILES string of the molecule is c1ccc(Cc2ccc3c(c2)NCCCO3)cc1. The number of benzene rings is 2. The van der Waals surface area contributed by atoms with Gasteiger partial charge in [-0.05, 0) is 36.1 Å². The first-order chi connectivity index (χ1) is 8.92. The Morgan fingerprint density at radius 1 is 1.00 bits per heavy atom. The van der Waals surface area contributed by atoms with Crippen molar-refractivity contribution in [1.82, 2.24) is 0 Å². The highest BCUT2D eigenvalue weighted by molar-refractivity contribution is 5.59. The number of hydrogen-bond donors (Lipinski definition) is 1. The van der Waals surface area contributed by atoms with Crippen molar-refractivity contribution in [3.63, 3.8) is 0 Å². The van der Waals surface area contributed by atoms with Crippen molar-refractivity contribution >= 4 is 5.69 Å². The molecule has 0 unspecified atom stereocenters. The third-order valence-electron chi connectivity index (χ3n) is 3.19. The number of hydrogen-bond acceptors (Lipinski definition) is 2. The van der Waals surface area contributed by atoms with Crippen LogP contribution in [-0.2, 0) is 6.42 Å². The minimum absolute atomic E-state index is 0.804. The van der Waals surface area contributed by atoms with Crippen molar-refractivity contribution in [1.29, 1.82) is 0 Å². The third kappa shape index (κ3) is 2.48. The zero-order valence-electron chi connectivity index (χ0n) is 10.4. The van der Waals surface area contributed by atoms with Crippen molar-refractivity contribution in [2.45, 2.75) is 12.8 Å². The second-order valence-corrected chi connectivity index (χ2v) is 4.62. The van der Waals surface area contributed by atoms with Crippen LogP contribution in [0.15, 0.2) is 48.5 Å². The molecule has 0 saturated heterocycles. The number of rotatable bonds is 2. The van der Waals surface area contributed by atoms with Gasteiger partial charge in [0.1, 0.15) is 5.75 Å². The van der Waals surface area contributed by atoms with Gasteiger partial charge in [-0.3, -0.25) is 0 Å². The van der Waals surface area contributed by atoms with Crippen molar-refractivity contribution in [3.05, 3.63) is 59.7 Å². The maximum absolute atomic E-state index is 5.69. The predicted octanol–water partition coefficient (Wildman–Crippen LogP) is 3.47. The van der Waals surface area contributed by atoms with Crippen LogP contribution in [0.4, 0.5) is 5.69 Å². The van der Waals surface area contributed by atoms with Crippen LogP contribution in [0.1, 0.15) is 17.5 Å². The van der Waals surface area contributed by atoms with Crippen LogP contribution in [0.25, 0.3) is 0 Å². The molecule has 0 aromatic heterocycles. The first kappa shape index (κ1) is 11.1. The maximum atomic E-state index is 5.69. The van der Waals surface area contributed by atoms with E-state index < -0.39 is 0 Å². The van der Waals surface area contributed by atoms with Crippen LogP contribution in [0.3, 0.4) is 0 Å². The molecule has 0 atom stereocenters. The summed E-state index contributed by atoms with van der Waals surface area (Å²) < 4.78 is 5.69. The number of nitrogens with one attached hydrogen (secondary N) is 1. The Hall–Kier alpha value is -1.96. The van der Waals surface area contributed by atoms with Gasteiger partial charge in [-0.15, -0.1) is 0 Å². The van der Waals surface area contributed by atoms with E-state index in [0.29, 0.717) is 0 Å². The fourth-order valence-electron chi connectivity index (χ4n) is 2.26. The zero-order valence-corrected chi connectivity index (χ0v) is 10.4. The van der Waals surface area contributed by atoms with Gasteiger partial charge in [-0.25, -0.2) is 0 Å². The molecule has 0 fully saturated rings. The van der Waals surface area contributed by atoms with E-state index in [4.69, 9.17) is 4.74 Å². The normalized spacial score (nSPS) is 14.0. The molecule has 1 aliphatic rings. The van der Waals surface area contributed by atoms with E-state index in [1.807, 2.05) is 0 Å². The molecule has 0 radical (unpaired) electrons. The summed E-state index contributed by atoms with van der Waals surface area (Å²) in [7, 11) is 0. The van der Waals surface area contributed by atoms with Crippen LogP contribution >= 0.6 is 0 Å². The smallest absolute Gasteiger partial charge is 0.142 e. The third-order valence-corrected chi connectivity index (χ3v) is 3.19. The Balaban J connectivity index is 1.83. The molecule has 0 saturated carbocycles. The fraction of sp³-hybridized carbons (Fsp3) is 0.250. The number of anilines is 1. The minimum atomic E-state index is 0.804. The minimum Gasteiger partial charge on any atom is -0.491 e. The van der Waals surface area contributed by atoms with E-state index in [1.165, 1.54) is 11.1 Å². The highest BCUT2D eigenvalue weighted by atomic mass is 16.5. The molecule has 1 aliphatic heterocycles. The topological polar surface area (TPSA) is 21.3 Å². The highest BCUT2D eigenvalue weighted by Gasteiger charge is 2.08. The first-order valence-electron chi connectivity index (χ1n) is 6.45. The Labute approximate surface area is 108 Å². The molecule has 0 amide bonds. The summed E-state index contributed by atoms with van der Waals surface area (Å²) in [4.78, 5) is 0. The molecular formula is C16H17NO. The van der Waals surface area contributed by atoms with Crippen molar-refractivity contribution in [3.8, 4) is 5.75 Å². The Kier molecular flexibility index (Phi) is 3.18. The lowest BCUT2D eigenvalue weighted by atomic mass is 10.0. The van der Waals surface area contributed by atoms with Crippen LogP contribution in [0.5, 0.6) is 5.75 Å². The van der Waals surface area contributed by atoms with E-state index in [-0.39, 0.29) is 0 Å². The van der Waals surface area contributed by atoms with Crippen LogP contribution < -0.4 is 10.1 Å². The monoisotopic (exact) mass is 239 g/mol. The van der Waals surface area contributed by atoms with E-state index in [2.05, 4.69) is 53.8 Å². The largest absolute Gasteiger partial charge is 0.491 e. The van der Waals surface area contributed by atoms with Gasteiger partial charge in [0, 0.05) is 6.54 Å². The Bertz CT molecular complexity index is 522. The van der Waals surface area contributed by atoms with Crippen molar-refractivity contribution in [2.75, 3.05) is 18.5 Å². The molecule has 2 aromatic carbocycles. The summed E-state index contributed by atoms with van der Waals surface area (Å²) in [6, 6.07) is 17.0. The van der Waals surface area contributed by atoms with Gasteiger partial charge >= 0.3 is 0 Å². The Morgan fingerprint density at radius 2 is 1.89 bits per heavy atom. The molecule has 0 bridgehead atoms. The first-order valence-corrected chi connectivity index (χ1v) is 6.45. The van der Waals surface area contributed by atoms with Gasteiger partial charge < -0.3 is 10.1 Å². The lowest BCUT2D eigenvalue weighted by molar-refractivity contribution is 0.323. The van der Waals surface area contributed by atoms with E-state index in [9.17, 15) is 0 Å². The average molecular weight is 239 g/mol. The van der Waals surface area contributed by atoms with Gasteiger partial charge in [0.2, 0.25) is 0 Å². The van der Waals surface area contributed by atoms with Crippen LogP contribution in [0, 0.1) is 0 Å². The molecule has 0 spiro atoms. The molecule has 3 rings (SSSR count).